The molecular formula is C36H32F3N7O3. The molecule has 0 amide bonds. The zero-order valence-corrected chi connectivity index (χ0v) is 27.0. The van der Waals surface area contributed by atoms with Crippen LogP contribution in [-0.2, 0) is 19.3 Å². The Balaban J connectivity index is 1.33. The molecule has 49 heavy (non-hydrogen) atoms. The Morgan fingerprint density at radius 2 is 1.78 bits per heavy atom. The van der Waals surface area contributed by atoms with E-state index in [9.17, 15) is 18.0 Å². The van der Waals surface area contributed by atoms with Gasteiger partial charge < -0.3 is 14.0 Å². The molecule has 2 aromatic carbocycles. The SMILES string of the molecule is COc1ncnc(C2CC2)c1-c1ncc2ccc(=O)n(Cc3ccc(-c4nc(C(F)(F)F)cn4C(C)C)cc3OCc3ccccc3)c2n1. The highest BCUT2D eigenvalue weighted by atomic mass is 19.4. The van der Waals surface area contributed by atoms with Crippen LogP contribution < -0.4 is 15.0 Å². The molecule has 0 unspecified atom stereocenters. The van der Waals surface area contributed by atoms with Crippen LogP contribution in [0.4, 0.5) is 13.2 Å². The number of halogens is 3. The molecule has 0 saturated heterocycles. The molecule has 1 aliphatic rings. The van der Waals surface area contributed by atoms with Crippen molar-refractivity contribution in [2.24, 2.45) is 0 Å². The van der Waals surface area contributed by atoms with Gasteiger partial charge in [0.2, 0.25) is 5.88 Å². The Kier molecular flexibility index (Phi) is 8.35. The van der Waals surface area contributed by atoms with E-state index in [1.807, 2.05) is 30.3 Å². The van der Waals surface area contributed by atoms with Gasteiger partial charge in [-0.25, -0.2) is 24.9 Å². The number of hydrogen-bond donors (Lipinski definition) is 0. The Morgan fingerprint density at radius 3 is 2.49 bits per heavy atom. The first-order chi connectivity index (χ1) is 23.6. The van der Waals surface area contributed by atoms with Gasteiger partial charge in [-0.1, -0.05) is 42.5 Å². The number of pyridine rings is 1. The topological polar surface area (TPSA) is 110 Å². The van der Waals surface area contributed by atoms with Gasteiger partial charge in [-0.05, 0) is 44.4 Å². The fourth-order valence-corrected chi connectivity index (χ4v) is 5.76. The van der Waals surface area contributed by atoms with Gasteiger partial charge in [0.1, 0.15) is 35.7 Å². The molecule has 4 heterocycles. The third-order valence-corrected chi connectivity index (χ3v) is 8.42. The number of hydrogen-bond acceptors (Lipinski definition) is 8. The first kappa shape index (κ1) is 32.0. The maximum atomic E-state index is 13.7. The Bertz CT molecular complexity index is 2210. The average molecular weight is 668 g/mol. The van der Waals surface area contributed by atoms with Crippen LogP contribution in [-0.4, -0.2) is 41.2 Å². The number of fused-ring (bicyclic) bond motifs is 1. The summed E-state index contributed by atoms with van der Waals surface area (Å²) in [5.74, 6) is 1.49. The summed E-state index contributed by atoms with van der Waals surface area (Å²) in [6.45, 7) is 3.83. The molecule has 1 aliphatic carbocycles. The Morgan fingerprint density at radius 1 is 0.980 bits per heavy atom. The van der Waals surface area contributed by atoms with E-state index in [-0.39, 0.29) is 36.5 Å². The van der Waals surface area contributed by atoms with Crippen molar-refractivity contribution in [1.29, 1.82) is 0 Å². The Labute approximate surface area is 279 Å². The molecule has 0 aliphatic heterocycles. The van der Waals surface area contributed by atoms with Gasteiger partial charge in [0.15, 0.2) is 11.5 Å². The summed E-state index contributed by atoms with van der Waals surface area (Å²) in [4.78, 5) is 35.7. The summed E-state index contributed by atoms with van der Waals surface area (Å²) < 4.78 is 56.0. The number of rotatable bonds is 10. The lowest BCUT2D eigenvalue weighted by atomic mass is 10.1. The normalized spacial score (nSPS) is 13.3. The largest absolute Gasteiger partial charge is 0.489 e. The van der Waals surface area contributed by atoms with Crippen LogP contribution in [0, 0.1) is 0 Å². The zero-order chi connectivity index (χ0) is 34.3. The molecule has 4 aromatic heterocycles. The monoisotopic (exact) mass is 667 g/mol. The van der Waals surface area contributed by atoms with Crippen LogP contribution in [0.5, 0.6) is 11.6 Å². The van der Waals surface area contributed by atoms with Gasteiger partial charge in [0, 0.05) is 46.9 Å². The predicted molar refractivity (Wildman–Crippen MR) is 176 cm³/mol. The van der Waals surface area contributed by atoms with E-state index in [0.29, 0.717) is 45.2 Å². The van der Waals surface area contributed by atoms with Crippen molar-refractivity contribution in [3.05, 3.63) is 112 Å². The predicted octanol–water partition coefficient (Wildman–Crippen LogP) is 7.23. The van der Waals surface area contributed by atoms with Crippen molar-refractivity contribution in [2.45, 2.75) is 58.0 Å². The van der Waals surface area contributed by atoms with E-state index in [1.54, 1.807) is 44.3 Å². The highest BCUT2D eigenvalue weighted by Gasteiger charge is 2.35. The first-order valence-electron chi connectivity index (χ1n) is 15.8. The third-order valence-electron chi connectivity index (χ3n) is 8.42. The lowest BCUT2D eigenvalue weighted by Crippen LogP contribution is -2.21. The fraction of sp³-hybridized carbons (Fsp3) is 0.278. The van der Waals surface area contributed by atoms with Gasteiger partial charge in [-0.15, -0.1) is 0 Å². The van der Waals surface area contributed by atoms with E-state index in [2.05, 4.69) is 19.9 Å². The first-order valence-corrected chi connectivity index (χ1v) is 15.8. The van der Waals surface area contributed by atoms with Gasteiger partial charge in [0.25, 0.3) is 5.56 Å². The number of benzene rings is 2. The lowest BCUT2D eigenvalue weighted by molar-refractivity contribution is -0.140. The maximum Gasteiger partial charge on any atom is 0.434 e. The van der Waals surface area contributed by atoms with Crippen molar-refractivity contribution in [3.8, 4) is 34.4 Å². The van der Waals surface area contributed by atoms with Gasteiger partial charge in [0.05, 0.1) is 19.3 Å². The van der Waals surface area contributed by atoms with E-state index in [0.717, 1.165) is 30.3 Å². The van der Waals surface area contributed by atoms with Crippen LogP contribution in [0.2, 0.25) is 0 Å². The molecule has 0 N–H and O–H groups in total. The van der Waals surface area contributed by atoms with Crippen LogP contribution in [0.3, 0.4) is 0 Å². The van der Waals surface area contributed by atoms with E-state index in [4.69, 9.17) is 14.5 Å². The average Bonchev–Trinajstić information content (AvgIpc) is 3.84. The van der Waals surface area contributed by atoms with Crippen molar-refractivity contribution in [2.75, 3.05) is 7.11 Å². The zero-order valence-electron chi connectivity index (χ0n) is 27.0. The number of nitrogens with zero attached hydrogens (tertiary/aromatic N) is 7. The number of methoxy groups -OCH3 is 1. The maximum absolute atomic E-state index is 13.7. The van der Waals surface area contributed by atoms with E-state index >= 15 is 0 Å². The second-order valence-corrected chi connectivity index (χ2v) is 12.2. The molecule has 6 aromatic rings. The molecular weight excluding hydrogens is 635 g/mol. The number of ether oxygens (including phenoxy) is 2. The van der Waals surface area contributed by atoms with Crippen molar-refractivity contribution < 1.29 is 22.6 Å². The summed E-state index contributed by atoms with van der Waals surface area (Å²) in [7, 11) is 1.53. The number of aromatic nitrogens is 7. The van der Waals surface area contributed by atoms with Crippen LogP contribution >= 0.6 is 0 Å². The minimum Gasteiger partial charge on any atom is -0.489 e. The van der Waals surface area contributed by atoms with Crippen molar-refractivity contribution >= 4 is 11.0 Å². The molecule has 10 nitrogen and oxygen atoms in total. The quantitative estimate of drug-likeness (QED) is 0.151. The number of imidazole rings is 1. The molecule has 0 atom stereocenters. The van der Waals surface area contributed by atoms with Gasteiger partial charge >= 0.3 is 6.18 Å². The summed E-state index contributed by atoms with van der Waals surface area (Å²) >= 11 is 0. The molecule has 13 heteroatoms. The second kappa shape index (κ2) is 12.8. The van der Waals surface area contributed by atoms with E-state index in [1.165, 1.54) is 28.6 Å². The molecule has 1 fully saturated rings. The lowest BCUT2D eigenvalue weighted by Gasteiger charge is -2.17. The van der Waals surface area contributed by atoms with E-state index < -0.39 is 11.9 Å². The highest BCUT2D eigenvalue weighted by Crippen LogP contribution is 2.45. The summed E-state index contributed by atoms with van der Waals surface area (Å²) in [5.41, 5.74) is 2.45. The van der Waals surface area contributed by atoms with Crippen LogP contribution in [0.1, 0.15) is 61.2 Å². The molecule has 0 radical (unpaired) electrons. The molecule has 0 spiro atoms. The van der Waals surface area contributed by atoms with Crippen LogP contribution in [0.25, 0.3) is 33.8 Å². The summed E-state index contributed by atoms with van der Waals surface area (Å²) in [5, 5.41) is 0.633. The molecule has 1 saturated carbocycles. The molecule has 250 valence electrons. The van der Waals surface area contributed by atoms with Crippen molar-refractivity contribution in [1.82, 2.24) is 34.1 Å². The minimum absolute atomic E-state index is 0.0569. The smallest absolute Gasteiger partial charge is 0.434 e. The number of alkyl halides is 3. The standard InChI is InChI=1S/C36H32F3N7O3/c1-21(2)45-18-28(36(37,38)39)43-33(45)24-11-12-26(27(15-24)49-19-22-7-5-4-6-8-22)17-46-29(47)14-13-25-16-40-32(44-34(25)46)30-31(23-9-10-23)41-20-42-35(30)48-3/h4-8,11-16,18,20-21,23H,9-10,17,19H2,1-3H3. The summed E-state index contributed by atoms with van der Waals surface area (Å²) in [6.07, 6.45) is 1.51. The minimum atomic E-state index is -4.60. The van der Waals surface area contributed by atoms with Crippen LogP contribution in [0.15, 0.2) is 84.2 Å². The van der Waals surface area contributed by atoms with Crippen molar-refractivity contribution in [3.63, 3.8) is 0 Å². The second-order valence-electron chi connectivity index (χ2n) is 12.2. The Hall–Kier alpha value is -5.59. The van der Waals surface area contributed by atoms with Gasteiger partial charge in [-0.3, -0.25) is 9.36 Å². The summed E-state index contributed by atoms with van der Waals surface area (Å²) in [6, 6.07) is 17.4. The fourth-order valence-electron chi connectivity index (χ4n) is 5.76. The molecule has 7 rings (SSSR count). The molecule has 0 bridgehead atoms. The van der Waals surface area contributed by atoms with Gasteiger partial charge in [-0.2, -0.15) is 13.2 Å². The third kappa shape index (κ3) is 6.48. The highest BCUT2D eigenvalue weighted by molar-refractivity contribution is 5.78.